The van der Waals surface area contributed by atoms with Gasteiger partial charge in [-0.3, -0.25) is 0 Å². The van der Waals surface area contributed by atoms with E-state index >= 15 is 0 Å². The number of aliphatic hydroxyl groups excluding tert-OH is 1. The summed E-state index contributed by atoms with van der Waals surface area (Å²) in [6.45, 7) is 3.87. The Hall–Kier alpha value is -0.480. The smallest absolute Gasteiger partial charge is 0.0756 e. The summed E-state index contributed by atoms with van der Waals surface area (Å²) >= 11 is 6.20. The van der Waals surface area contributed by atoms with Crippen LogP contribution in [0.4, 0.5) is 5.69 Å². The molecule has 0 aliphatic carbocycles. The maximum atomic E-state index is 9.96. The highest BCUT2D eigenvalue weighted by Crippen LogP contribution is 2.29. The minimum atomic E-state index is -0.585. The summed E-state index contributed by atoms with van der Waals surface area (Å²) in [6.07, 6.45) is -0.585. The Labute approximate surface area is 120 Å². The number of nitrogens with zero attached hydrogens (tertiary/aromatic N) is 1. The van der Waals surface area contributed by atoms with Crippen LogP contribution < -0.4 is 10.6 Å². The molecule has 0 saturated carbocycles. The highest BCUT2D eigenvalue weighted by Gasteiger charge is 2.22. The van der Waals surface area contributed by atoms with Crippen molar-refractivity contribution >= 4 is 29.7 Å². The second-order valence-electron chi connectivity index (χ2n) is 4.86. The van der Waals surface area contributed by atoms with Gasteiger partial charge in [0.15, 0.2) is 0 Å². The molecule has 0 unspecified atom stereocenters. The van der Waals surface area contributed by atoms with Crippen molar-refractivity contribution in [2.45, 2.75) is 26.0 Å². The second kappa shape index (κ2) is 7.19. The van der Waals surface area contributed by atoms with Gasteiger partial charge in [0, 0.05) is 24.8 Å². The number of nitrogens with two attached hydrogens (primary N) is 1. The molecular weight excluding hydrogens is 271 g/mol. The normalized spacial score (nSPS) is 14.0. The Balaban J connectivity index is 0.00000289. The number of rotatable bonds is 4. The molecule has 0 radical (unpaired) electrons. The fourth-order valence-corrected chi connectivity index (χ4v) is 1.96. The molecule has 1 rings (SSSR count). The van der Waals surface area contributed by atoms with Gasteiger partial charge in [-0.05, 0) is 23.6 Å². The number of halogens is 2. The van der Waals surface area contributed by atoms with E-state index in [0.717, 1.165) is 11.3 Å². The van der Waals surface area contributed by atoms with Crippen LogP contribution in [0.15, 0.2) is 18.2 Å². The minimum absolute atomic E-state index is 0. The third-order valence-electron chi connectivity index (χ3n) is 2.91. The molecule has 2 atom stereocenters. The summed E-state index contributed by atoms with van der Waals surface area (Å²) in [7, 11) is 3.91. The summed E-state index contributed by atoms with van der Waals surface area (Å²) < 4.78 is 0. The monoisotopic (exact) mass is 292 g/mol. The lowest BCUT2D eigenvalue weighted by Crippen LogP contribution is -2.30. The first-order valence-corrected chi connectivity index (χ1v) is 6.12. The van der Waals surface area contributed by atoms with E-state index in [4.69, 9.17) is 17.3 Å². The Bertz CT molecular complexity index is 383. The Morgan fingerprint density at radius 1 is 1.28 bits per heavy atom. The van der Waals surface area contributed by atoms with Gasteiger partial charge in [-0.25, -0.2) is 0 Å². The molecule has 0 aliphatic heterocycles. The zero-order valence-electron chi connectivity index (χ0n) is 11.2. The van der Waals surface area contributed by atoms with Crippen LogP contribution in [0.5, 0.6) is 0 Å². The van der Waals surface area contributed by atoms with Crippen molar-refractivity contribution in [3.63, 3.8) is 0 Å². The van der Waals surface area contributed by atoms with E-state index in [1.807, 2.05) is 51.0 Å². The summed E-state index contributed by atoms with van der Waals surface area (Å²) in [5.74, 6) is 0.106. The molecule has 0 saturated heterocycles. The number of anilines is 1. The standard InChI is InChI=1S/C13H21ClN2O.ClH/c1-8(2)13(17)12(15)10-6-5-9(16(3)4)7-11(10)14;/h5-8,12-13,17H,15H2,1-4H3;1H/t12-,13+;/m0./s1. The molecule has 18 heavy (non-hydrogen) atoms. The molecule has 0 fully saturated rings. The van der Waals surface area contributed by atoms with Crippen molar-refractivity contribution in [1.82, 2.24) is 0 Å². The molecule has 0 aromatic heterocycles. The Morgan fingerprint density at radius 3 is 2.22 bits per heavy atom. The fourth-order valence-electron chi connectivity index (χ4n) is 1.66. The van der Waals surface area contributed by atoms with Crippen molar-refractivity contribution in [3.8, 4) is 0 Å². The zero-order chi connectivity index (χ0) is 13.2. The second-order valence-corrected chi connectivity index (χ2v) is 5.27. The predicted molar refractivity (Wildman–Crippen MR) is 80.8 cm³/mol. The van der Waals surface area contributed by atoms with E-state index in [-0.39, 0.29) is 18.3 Å². The fraction of sp³-hybridized carbons (Fsp3) is 0.538. The van der Waals surface area contributed by atoms with Crippen molar-refractivity contribution in [2.75, 3.05) is 19.0 Å². The van der Waals surface area contributed by atoms with Crippen LogP contribution in [0.3, 0.4) is 0 Å². The van der Waals surface area contributed by atoms with Crippen LogP contribution in [0, 0.1) is 5.92 Å². The highest BCUT2D eigenvalue weighted by molar-refractivity contribution is 6.31. The molecule has 3 N–H and O–H groups in total. The van der Waals surface area contributed by atoms with E-state index in [1.54, 1.807) is 0 Å². The van der Waals surface area contributed by atoms with Crippen LogP contribution in [-0.2, 0) is 0 Å². The first kappa shape index (κ1) is 17.5. The van der Waals surface area contributed by atoms with Crippen LogP contribution >= 0.6 is 24.0 Å². The van der Waals surface area contributed by atoms with E-state index in [9.17, 15) is 5.11 Å². The van der Waals surface area contributed by atoms with Gasteiger partial charge in [0.05, 0.1) is 12.1 Å². The summed E-state index contributed by atoms with van der Waals surface area (Å²) in [6, 6.07) is 5.25. The van der Waals surface area contributed by atoms with Crippen molar-refractivity contribution in [1.29, 1.82) is 0 Å². The summed E-state index contributed by atoms with van der Waals surface area (Å²) in [4.78, 5) is 1.97. The van der Waals surface area contributed by atoms with E-state index < -0.39 is 12.1 Å². The lowest BCUT2D eigenvalue weighted by molar-refractivity contribution is 0.0980. The average molecular weight is 293 g/mol. The van der Waals surface area contributed by atoms with Gasteiger partial charge >= 0.3 is 0 Å². The third-order valence-corrected chi connectivity index (χ3v) is 3.24. The van der Waals surface area contributed by atoms with Crippen LogP contribution in [0.2, 0.25) is 5.02 Å². The molecule has 0 bridgehead atoms. The number of aliphatic hydroxyl groups is 1. The van der Waals surface area contributed by atoms with Crippen molar-refractivity contribution in [3.05, 3.63) is 28.8 Å². The molecule has 0 amide bonds. The SMILES string of the molecule is CC(C)[C@@H](O)[C@@H](N)c1ccc(N(C)C)cc1Cl.Cl. The molecule has 5 heteroatoms. The predicted octanol–water partition coefficient (Wildman–Crippen LogP) is 2.84. The van der Waals surface area contributed by atoms with Gasteiger partial charge in [0.25, 0.3) is 0 Å². The molecule has 104 valence electrons. The third kappa shape index (κ3) is 4.02. The first-order valence-electron chi connectivity index (χ1n) is 5.75. The molecule has 0 aliphatic rings. The molecule has 1 aromatic carbocycles. The number of hydrogen-bond donors (Lipinski definition) is 2. The lowest BCUT2D eigenvalue weighted by Gasteiger charge is -2.24. The lowest BCUT2D eigenvalue weighted by atomic mass is 9.94. The number of benzene rings is 1. The number of hydrogen-bond acceptors (Lipinski definition) is 3. The van der Waals surface area contributed by atoms with Gasteiger partial charge in [-0.2, -0.15) is 0 Å². The first-order chi connectivity index (χ1) is 7.84. The Kier molecular flexibility index (Phi) is 7.00. The van der Waals surface area contributed by atoms with Gasteiger partial charge in [0.2, 0.25) is 0 Å². The van der Waals surface area contributed by atoms with Gasteiger partial charge in [-0.15, -0.1) is 12.4 Å². The van der Waals surface area contributed by atoms with Gasteiger partial charge in [0.1, 0.15) is 0 Å². The maximum absolute atomic E-state index is 9.96. The quantitative estimate of drug-likeness (QED) is 0.897. The zero-order valence-corrected chi connectivity index (χ0v) is 12.8. The largest absolute Gasteiger partial charge is 0.391 e. The van der Waals surface area contributed by atoms with Gasteiger partial charge < -0.3 is 15.7 Å². The van der Waals surface area contributed by atoms with E-state index in [1.165, 1.54) is 0 Å². The topological polar surface area (TPSA) is 49.5 Å². The molecule has 0 heterocycles. The van der Waals surface area contributed by atoms with E-state index in [2.05, 4.69) is 0 Å². The van der Waals surface area contributed by atoms with Gasteiger partial charge in [-0.1, -0.05) is 31.5 Å². The van der Waals surface area contributed by atoms with Crippen molar-refractivity contribution < 1.29 is 5.11 Å². The van der Waals surface area contributed by atoms with Crippen LogP contribution in [0.1, 0.15) is 25.5 Å². The summed E-state index contributed by atoms with van der Waals surface area (Å²) in [5.41, 5.74) is 7.83. The average Bonchev–Trinajstić information content (AvgIpc) is 2.26. The minimum Gasteiger partial charge on any atom is -0.391 e. The van der Waals surface area contributed by atoms with E-state index in [0.29, 0.717) is 5.02 Å². The highest BCUT2D eigenvalue weighted by atomic mass is 35.5. The molecular formula is C13H22Cl2N2O. The Morgan fingerprint density at radius 2 is 1.83 bits per heavy atom. The molecule has 3 nitrogen and oxygen atoms in total. The van der Waals surface area contributed by atoms with Crippen molar-refractivity contribution in [2.24, 2.45) is 11.7 Å². The summed E-state index contributed by atoms with van der Waals surface area (Å²) in [5, 5.41) is 10.6. The molecule has 1 aromatic rings. The molecule has 0 spiro atoms. The van der Waals surface area contributed by atoms with Crippen LogP contribution in [-0.4, -0.2) is 25.3 Å². The van der Waals surface area contributed by atoms with Crippen LogP contribution in [0.25, 0.3) is 0 Å². The maximum Gasteiger partial charge on any atom is 0.0756 e.